The predicted octanol–water partition coefficient (Wildman–Crippen LogP) is 3.11. The average Bonchev–Trinajstić information content (AvgIpc) is 3.31. The second-order valence-electron chi connectivity index (χ2n) is 7.09. The monoisotopic (exact) mass is 519 g/mol. The maximum Gasteiger partial charge on any atom is 0.257 e. The fourth-order valence-corrected chi connectivity index (χ4v) is 6.28. The molecular formula is C21H18FN5O4S3. The largest absolute Gasteiger partial charge is 0.379 e. The first-order chi connectivity index (χ1) is 16.4. The number of nitriles is 1. The van der Waals surface area contributed by atoms with Gasteiger partial charge in [0.05, 0.1) is 24.8 Å². The quantitative estimate of drug-likeness (QED) is 0.373. The van der Waals surface area contributed by atoms with Gasteiger partial charge in [0.15, 0.2) is 4.34 Å². The number of carbonyl (C=O) groups excluding carboxylic acids is 1. The smallest absolute Gasteiger partial charge is 0.257 e. The lowest BCUT2D eigenvalue weighted by Gasteiger charge is -2.26. The van der Waals surface area contributed by atoms with Crippen molar-refractivity contribution >= 4 is 44.2 Å². The van der Waals surface area contributed by atoms with Gasteiger partial charge < -0.3 is 4.74 Å². The van der Waals surface area contributed by atoms with Gasteiger partial charge in [0.2, 0.25) is 15.2 Å². The molecule has 0 spiro atoms. The molecule has 1 aromatic heterocycles. The van der Waals surface area contributed by atoms with Crippen molar-refractivity contribution in [2.75, 3.05) is 31.6 Å². The molecule has 34 heavy (non-hydrogen) atoms. The van der Waals surface area contributed by atoms with Crippen molar-refractivity contribution in [1.82, 2.24) is 14.5 Å². The number of benzene rings is 2. The number of nitrogens with one attached hydrogen (secondary N) is 1. The van der Waals surface area contributed by atoms with E-state index in [0.29, 0.717) is 15.7 Å². The van der Waals surface area contributed by atoms with Gasteiger partial charge in [-0.05, 0) is 35.9 Å². The van der Waals surface area contributed by atoms with E-state index in [9.17, 15) is 17.6 Å². The van der Waals surface area contributed by atoms with Crippen molar-refractivity contribution < 1.29 is 22.3 Å². The fourth-order valence-electron chi connectivity index (χ4n) is 3.08. The molecule has 3 aromatic rings. The Hall–Kier alpha value is -2.89. The highest BCUT2D eigenvalue weighted by Gasteiger charge is 2.30. The summed E-state index contributed by atoms with van der Waals surface area (Å²) in [5.41, 5.74) is 1.57. The van der Waals surface area contributed by atoms with Gasteiger partial charge in [0.25, 0.3) is 5.91 Å². The van der Waals surface area contributed by atoms with E-state index in [1.54, 1.807) is 12.1 Å². The van der Waals surface area contributed by atoms with Gasteiger partial charge in [0.1, 0.15) is 10.7 Å². The zero-order chi connectivity index (χ0) is 24.1. The molecule has 1 N–H and O–H groups in total. The predicted molar refractivity (Wildman–Crippen MR) is 125 cm³/mol. The summed E-state index contributed by atoms with van der Waals surface area (Å²) in [4.78, 5) is 12.1. The van der Waals surface area contributed by atoms with Crippen molar-refractivity contribution in [3.8, 4) is 6.07 Å². The molecule has 4 rings (SSSR count). The van der Waals surface area contributed by atoms with Gasteiger partial charge >= 0.3 is 0 Å². The molecule has 9 nitrogen and oxygen atoms in total. The zero-order valence-electron chi connectivity index (χ0n) is 17.6. The lowest BCUT2D eigenvalue weighted by atomic mass is 10.2. The minimum absolute atomic E-state index is 0.0183. The van der Waals surface area contributed by atoms with E-state index in [4.69, 9.17) is 10.00 Å². The van der Waals surface area contributed by atoms with E-state index in [0.717, 1.165) is 33.3 Å². The normalized spacial score (nSPS) is 14.5. The van der Waals surface area contributed by atoms with Gasteiger partial charge in [-0.1, -0.05) is 35.2 Å². The summed E-state index contributed by atoms with van der Waals surface area (Å²) in [5.74, 6) is -0.951. The number of carbonyl (C=O) groups is 1. The van der Waals surface area contributed by atoms with Crippen LogP contribution in [-0.2, 0) is 20.5 Å². The molecule has 0 unspecified atom stereocenters. The molecule has 0 saturated carbocycles. The van der Waals surface area contributed by atoms with Crippen LogP contribution >= 0.6 is 23.1 Å². The van der Waals surface area contributed by atoms with Gasteiger partial charge in [-0.15, -0.1) is 10.2 Å². The third-order valence-corrected chi connectivity index (χ3v) is 8.81. The molecule has 1 aliphatic heterocycles. The summed E-state index contributed by atoms with van der Waals surface area (Å²) < 4.78 is 46.9. The molecule has 1 fully saturated rings. The number of amides is 1. The Morgan fingerprint density at radius 3 is 2.65 bits per heavy atom. The number of anilines is 1. The average molecular weight is 520 g/mol. The third kappa shape index (κ3) is 5.60. The van der Waals surface area contributed by atoms with Crippen LogP contribution in [0.15, 0.2) is 51.7 Å². The number of nitrogens with zero attached hydrogens (tertiary/aromatic N) is 4. The Kier molecular flexibility index (Phi) is 7.54. The highest BCUT2D eigenvalue weighted by atomic mass is 32.2. The minimum atomic E-state index is -4.10. The standard InChI is InChI=1S/C21H18FN5O4S3/c22-17-6-5-16(11-18(17)34(29,30)27-7-9-31-10-8-27)19(28)24-20-25-26-21(33-20)32-13-15-3-1-14(12-23)2-4-15/h1-6,11H,7-10,13H2,(H,24,25,28). The molecular weight excluding hydrogens is 501 g/mol. The van der Waals surface area contributed by atoms with E-state index in [-0.39, 0.29) is 37.0 Å². The summed E-state index contributed by atoms with van der Waals surface area (Å²) in [6, 6.07) is 12.4. The van der Waals surface area contributed by atoms with Crippen LogP contribution in [0, 0.1) is 17.1 Å². The van der Waals surface area contributed by atoms with Crippen LogP contribution in [0.1, 0.15) is 21.5 Å². The van der Waals surface area contributed by atoms with Crippen LogP contribution in [0.4, 0.5) is 9.52 Å². The molecule has 2 heterocycles. The number of ether oxygens (including phenoxy) is 1. The third-order valence-electron chi connectivity index (χ3n) is 4.85. The van der Waals surface area contributed by atoms with Crippen molar-refractivity contribution in [2.45, 2.75) is 15.0 Å². The highest BCUT2D eigenvalue weighted by molar-refractivity contribution is 8.00. The molecule has 0 bridgehead atoms. The molecule has 1 aliphatic rings. The molecule has 2 aromatic carbocycles. The van der Waals surface area contributed by atoms with Crippen LogP contribution in [0.25, 0.3) is 0 Å². The molecule has 13 heteroatoms. The number of thioether (sulfide) groups is 1. The van der Waals surface area contributed by atoms with Crippen LogP contribution in [-0.4, -0.2) is 55.1 Å². The molecule has 0 radical (unpaired) electrons. The number of hydrogen-bond acceptors (Lipinski definition) is 9. The number of sulfonamides is 1. The fraction of sp³-hybridized carbons (Fsp3) is 0.238. The molecule has 0 atom stereocenters. The Labute approximate surface area is 203 Å². The van der Waals surface area contributed by atoms with E-state index in [1.807, 2.05) is 12.1 Å². The lowest BCUT2D eigenvalue weighted by molar-refractivity contribution is 0.0729. The summed E-state index contributed by atoms with van der Waals surface area (Å²) in [5, 5.41) is 19.6. The van der Waals surface area contributed by atoms with Gasteiger partial charge in [-0.3, -0.25) is 10.1 Å². The lowest BCUT2D eigenvalue weighted by Crippen LogP contribution is -2.41. The first-order valence-corrected chi connectivity index (χ1v) is 13.2. The van der Waals surface area contributed by atoms with Gasteiger partial charge in [-0.25, -0.2) is 12.8 Å². The first kappa shape index (κ1) is 24.2. The van der Waals surface area contributed by atoms with Gasteiger partial charge in [0, 0.05) is 24.4 Å². The summed E-state index contributed by atoms with van der Waals surface area (Å²) in [6.07, 6.45) is 0. The molecule has 1 amide bonds. The summed E-state index contributed by atoms with van der Waals surface area (Å²) in [6.45, 7) is 0.685. The van der Waals surface area contributed by atoms with E-state index in [1.165, 1.54) is 17.8 Å². The topological polar surface area (TPSA) is 125 Å². The Bertz CT molecular complexity index is 1330. The number of aromatic nitrogens is 2. The van der Waals surface area contributed by atoms with Crippen molar-refractivity contribution in [3.63, 3.8) is 0 Å². The van der Waals surface area contributed by atoms with Crippen molar-refractivity contribution in [3.05, 3.63) is 65.0 Å². The second-order valence-corrected chi connectivity index (χ2v) is 11.2. The van der Waals surface area contributed by atoms with Crippen molar-refractivity contribution in [1.29, 1.82) is 5.26 Å². The number of hydrogen-bond donors (Lipinski definition) is 1. The van der Waals surface area contributed by atoms with E-state index < -0.39 is 26.6 Å². The Balaban J connectivity index is 1.42. The van der Waals surface area contributed by atoms with E-state index in [2.05, 4.69) is 21.6 Å². The van der Waals surface area contributed by atoms with Gasteiger partial charge in [-0.2, -0.15) is 9.57 Å². The zero-order valence-corrected chi connectivity index (χ0v) is 20.1. The summed E-state index contributed by atoms with van der Waals surface area (Å²) >= 11 is 2.58. The molecule has 1 saturated heterocycles. The number of morpholine rings is 1. The Morgan fingerprint density at radius 2 is 1.94 bits per heavy atom. The maximum absolute atomic E-state index is 14.4. The molecule has 0 aliphatic carbocycles. The first-order valence-electron chi connectivity index (χ1n) is 10.0. The SMILES string of the molecule is N#Cc1ccc(CSc2nnc(NC(=O)c3ccc(F)c(S(=O)(=O)N4CCOCC4)c3)s2)cc1. The van der Waals surface area contributed by atoms with Crippen molar-refractivity contribution in [2.24, 2.45) is 0 Å². The number of rotatable bonds is 7. The summed E-state index contributed by atoms with van der Waals surface area (Å²) in [7, 11) is -4.10. The maximum atomic E-state index is 14.4. The molecule has 176 valence electrons. The number of halogens is 1. The van der Waals surface area contributed by atoms with Crippen LogP contribution in [0.2, 0.25) is 0 Å². The van der Waals surface area contributed by atoms with Crippen LogP contribution < -0.4 is 5.32 Å². The van der Waals surface area contributed by atoms with Crippen LogP contribution in [0.5, 0.6) is 0 Å². The Morgan fingerprint density at radius 1 is 1.21 bits per heavy atom. The van der Waals surface area contributed by atoms with E-state index >= 15 is 0 Å². The van der Waals surface area contributed by atoms with Crippen LogP contribution in [0.3, 0.4) is 0 Å². The minimum Gasteiger partial charge on any atom is -0.379 e. The highest BCUT2D eigenvalue weighted by Crippen LogP contribution is 2.29. The second kappa shape index (κ2) is 10.6.